The SMILES string of the molecule is CSc1cccc(Oc2ccc(F)cc2Br)c1C(=N)N. The number of nitrogens with two attached hydrogens (primary N) is 1. The van der Waals surface area contributed by atoms with Crippen LogP contribution in [0.4, 0.5) is 4.39 Å². The zero-order valence-corrected chi connectivity index (χ0v) is 13.0. The zero-order valence-electron chi connectivity index (χ0n) is 10.6. The fourth-order valence-corrected chi connectivity index (χ4v) is 2.77. The van der Waals surface area contributed by atoms with Crippen molar-refractivity contribution in [3.8, 4) is 11.5 Å². The van der Waals surface area contributed by atoms with Crippen LogP contribution in [0.5, 0.6) is 11.5 Å². The molecule has 0 fully saturated rings. The summed E-state index contributed by atoms with van der Waals surface area (Å²) >= 11 is 4.73. The van der Waals surface area contributed by atoms with Gasteiger partial charge >= 0.3 is 0 Å². The van der Waals surface area contributed by atoms with Crippen LogP contribution in [0.15, 0.2) is 45.8 Å². The fourth-order valence-electron chi connectivity index (χ4n) is 1.71. The molecule has 0 bridgehead atoms. The van der Waals surface area contributed by atoms with Crippen LogP contribution in [0.25, 0.3) is 0 Å². The van der Waals surface area contributed by atoms with Crippen LogP contribution >= 0.6 is 27.7 Å². The monoisotopic (exact) mass is 354 g/mol. The summed E-state index contributed by atoms with van der Waals surface area (Å²) < 4.78 is 19.3. The van der Waals surface area contributed by atoms with E-state index in [0.29, 0.717) is 21.5 Å². The predicted octanol–water partition coefficient (Wildman–Crippen LogP) is 4.39. The summed E-state index contributed by atoms with van der Waals surface area (Å²) in [5.74, 6) is 0.515. The highest BCUT2D eigenvalue weighted by Crippen LogP contribution is 2.35. The molecule has 3 N–H and O–H groups in total. The maximum Gasteiger partial charge on any atom is 0.141 e. The first kappa shape index (κ1) is 14.9. The van der Waals surface area contributed by atoms with E-state index in [9.17, 15) is 4.39 Å². The van der Waals surface area contributed by atoms with E-state index in [1.54, 1.807) is 6.07 Å². The smallest absolute Gasteiger partial charge is 0.141 e. The first-order chi connectivity index (χ1) is 9.52. The van der Waals surface area contributed by atoms with Crippen LogP contribution < -0.4 is 10.5 Å². The standard InChI is InChI=1S/C14H12BrFN2OS/c1-20-12-4-2-3-11(13(12)14(17)18)19-10-6-5-8(16)7-9(10)15/h2-7H,1H3,(H3,17,18). The van der Waals surface area contributed by atoms with Crippen LogP contribution in [0.1, 0.15) is 5.56 Å². The van der Waals surface area contributed by atoms with Gasteiger partial charge in [-0.25, -0.2) is 4.39 Å². The number of nitrogen functional groups attached to an aromatic ring is 1. The molecule has 104 valence electrons. The third-order valence-corrected chi connectivity index (χ3v) is 3.99. The predicted molar refractivity (Wildman–Crippen MR) is 83.4 cm³/mol. The molecule has 0 aliphatic heterocycles. The number of hydrogen-bond acceptors (Lipinski definition) is 3. The third kappa shape index (κ3) is 3.13. The summed E-state index contributed by atoms with van der Waals surface area (Å²) in [7, 11) is 0. The van der Waals surface area contributed by atoms with Crippen molar-refractivity contribution in [2.45, 2.75) is 4.90 Å². The molecule has 0 unspecified atom stereocenters. The van der Waals surface area contributed by atoms with Gasteiger partial charge in [-0.1, -0.05) is 6.07 Å². The Morgan fingerprint density at radius 3 is 2.65 bits per heavy atom. The summed E-state index contributed by atoms with van der Waals surface area (Å²) in [4.78, 5) is 0.855. The zero-order chi connectivity index (χ0) is 14.7. The Bertz CT molecular complexity index is 664. The van der Waals surface area contributed by atoms with Crippen molar-refractivity contribution in [2.24, 2.45) is 5.73 Å². The van der Waals surface area contributed by atoms with Crippen molar-refractivity contribution in [3.05, 3.63) is 52.3 Å². The van der Waals surface area contributed by atoms with E-state index in [4.69, 9.17) is 15.9 Å². The lowest BCUT2D eigenvalue weighted by atomic mass is 10.2. The number of halogens is 2. The van der Waals surface area contributed by atoms with Gasteiger partial charge in [0.1, 0.15) is 23.2 Å². The highest BCUT2D eigenvalue weighted by Gasteiger charge is 2.14. The number of hydrogen-bond donors (Lipinski definition) is 2. The molecule has 0 amide bonds. The van der Waals surface area contributed by atoms with E-state index < -0.39 is 0 Å². The molecule has 0 aliphatic rings. The fraction of sp³-hybridized carbons (Fsp3) is 0.0714. The molecule has 3 nitrogen and oxygen atoms in total. The number of benzene rings is 2. The molecule has 6 heteroatoms. The van der Waals surface area contributed by atoms with E-state index in [0.717, 1.165) is 4.90 Å². The summed E-state index contributed by atoms with van der Waals surface area (Å²) in [6, 6.07) is 9.58. The average Bonchev–Trinajstić information content (AvgIpc) is 2.41. The molecule has 0 aliphatic carbocycles. The molecule has 0 saturated carbocycles. The minimum absolute atomic E-state index is 0.0665. The Morgan fingerprint density at radius 2 is 2.05 bits per heavy atom. The van der Waals surface area contributed by atoms with Crippen molar-refractivity contribution in [2.75, 3.05) is 6.26 Å². The van der Waals surface area contributed by atoms with E-state index in [-0.39, 0.29) is 11.7 Å². The molecular formula is C14H12BrFN2OS. The summed E-state index contributed by atoms with van der Waals surface area (Å²) in [6.07, 6.45) is 1.90. The van der Waals surface area contributed by atoms with Crippen molar-refractivity contribution in [1.29, 1.82) is 5.41 Å². The average molecular weight is 355 g/mol. The van der Waals surface area contributed by atoms with Gasteiger partial charge in [-0.15, -0.1) is 11.8 Å². The van der Waals surface area contributed by atoms with Gasteiger partial charge in [-0.05, 0) is 52.5 Å². The Kier molecular flexibility index (Phi) is 4.67. The molecule has 2 rings (SSSR count). The van der Waals surface area contributed by atoms with Gasteiger partial charge in [-0.3, -0.25) is 5.41 Å². The normalized spacial score (nSPS) is 10.3. The first-order valence-electron chi connectivity index (χ1n) is 5.67. The number of rotatable bonds is 4. The van der Waals surface area contributed by atoms with Crippen LogP contribution in [-0.4, -0.2) is 12.1 Å². The van der Waals surface area contributed by atoms with E-state index >= 15 is 0 Å². The topological polar surface area (TPSA) is 59.1 Å². The summed E-state index contributed by atoms with van der Waals surface area (Å²) in [5, 5.41) is 7.69. The highest BCUT2D eigenvalue weighted by molar-refractivity contribution is 9.10. The lowest BCUT2D eigenvalue weighted by Gasteiger charge is -2.14. The van der Waals surface area contributed by atoms with Gasteiger partial charge in [0.05, 0.1) is 10.0 Å². The Labute approximate surface area is 129 Å². The molecule has 2 aromatic rings. The second kappa shape index (κ2) is 6.28. The molecule has 0 saturated heterocycles. The number of thioether (sulfide) groups is 1. The van der Waals surface area contributed by atoms with Gasteiger partial charge in [0.15, 0.2) is 0 Å². The second-order valence-corrected chi connectivity index (χ2v) is 5.63. The van der Waals surface area contributed by atoms with E-state index in [1.807, 2.05) is 18.4 Å². The van der Waals surface area contributed by atoms with Gasteiger partial charge in [0.25, 0.3) is 0 Å². The second-order valence-electron chi connectivity index (χ2n) is 3.92. The van der Waals surface area contributed by atoms with Crippen molar-refractivity contribution in [1.82, 2.24) is 0 Å². The molecule has 0 heterocycles. The quantitative estimate of drug-likeness (QED) is 0.486. The minimum atomic E-state index is -0.353. The third-order valence-electron chi connectivity index (χ3n) is 2.59. The first-order valence-corrected chi connectivity index (χ1v) is 7.69. The van der Waals surface area contributed by atoms with Gasteiger partial charge < -0.3 is 10.5 Å². The maximum atomic E-state index is 13.1. The van der Waals surface area contributed by atoms with Crippen LogP contribution in [0.3, 0.4) is 0 Å². The largest absolute Gasteiger partial charge is 0.455 e. The van der Waals surface area contributed by atoms with Crippen LogP contribution in [0, 0.1) is 11.2 Å². The molecule has 0 aromatic heterocycles. The Balaban J connectivity index is 2.45. The Hall–Kier alpha value is -1.53. The van der Waals surface area contributed by atoms with E-state index in [2.05, 4.69) is 15.9 Å². The van der Waals surface area contributed by atoms with Crippen molar-refractivity contribution in [3.63, 3.8) is 0 Å². The molecule has 0 atom stereocenters. The summed E-state index contributed by atoms with van der Waals surface area (Å²) in [5.41, 5.74) is 6.16. The van der Waals surface area contributed by atoms with Crippen LogP contribution in [-0.2, 0) is 0 Å². The minimum Gasteiger partial charge on any atom is -0.455 e. The maximum absolute atomic E-state index is 13.1. The van der Waals surface area contributed by atoms with Crippen molar-refractivity contribution >= 4 is 33.5 Å². The van der Waals surface area contributed by atoms with Crippen LogP contribution in [0.2, 0.25) is 0 Å². The molecule has 0 spiro atoms. The molecule has 0 radical (unpaired) electrons. The number of amidine groups is 1. The van der Waals surface area contributed by atoms with Crippen molar-refractivity contribution < 1.29 is 9.13 Å². The van der Waals surface area contributed by atoms with E-state index in [1.165, 1.54) is 30.0 Å². The van der Waals surface area contributed by atoms with Gasteiger partial charge in [0, 0.05) is 4.90 Å². The molecule has 2 aromatic carbocycles. The van der Waals surface area contributed by atoms with Gasteiger partial charge in [-0.2, -0.15) is 0 Å². The highest BCUT2D eigenvalue weighted by atomic mass is 79.9. The Morgan fingerprint density at radius 1 is 1.30 bits per heavy atom. The number of ether oxygens (including phenoxy) is 1. The summed E-state index contributed by atoms with van der Waals surface area (Å²) in [6.45, 7) is 0. The molecule has 20 heavy (non-hydrogen) atoms. The lowest BCUT2D eigenvalue weighted by Crippen LogP contribution is -2.13. The number of nitrogens with one attached hydrogen (secondary N) is 1. The lowest BCUT2D eigenvalue weighted by molar-refractivity contribution is 0.475. The van der Waals surface area contributed by atoms with Gasteiger partial charge in [0.2, 0.25) is 0 Å². The molecular weight excluding hydrogens is 343 g/mol.